The predicted molar refractivity (Wildman–Crippen MR) is 84.8 cm³/mol. The smallest absolute Gasteiger partial charge is 0.316 e. The molecular formula is C15H22N4O3. The van der Waals surface area contributed by atoms with E-state index in [1.807, 2.05) is 0 Å². The third kappa shape index (κ3) is 4.11. The van der Waals surface area contributed by atoms with Crippen molar-refractivity contribution < 1.29 is 14.3 Å². The molecule has 120 valence electrons. The molecule has 0 unspecified atom stereocenters. The van der Waals surface area contributed by atoms with Gasteiger partial charge in [-0.1, -0.05) is 6.42 Å². The van der Waals surface area contributed by atoms with Gasteiger partial charge in [-0.15, -0.1) is 0 Å². The summed E-state index contributed by atoms with van der Waals surface area (Å²) in [7, 11) is 1.48. The Morgan fingerprint density at radius 2 is 2.09 bits per heavy atom. The third-order valence-corrected chi connectivity index (χ3v) is 3.91. The fourth-order valence-corrected chi connectivity index (χ4v) is 2.77. The van der Waals surface area contributed by atoms with Crippen LogP contribution in [0.4, 0.5) is 16.2 Å². The van der Waals surface area contributed by atoms with Crippen LogP contribution >= 0.6 is 0 Å². The van der Waals surface area contributed by atoms with Crippen molar-refractivity contribution in [1.82, 2.24) is 0 Å². The van der Waals surface area contributed by atoms with Crippen LogP contribution in [0.5, 0.6) is 5.75 Å². The molecule has 1 aliphatic carbocycles. The number of anilines is 2. The molecule has 1 saturated carbocycles. The molecule has 0 heterocycles. The van der Waals surface area contributed by atoms with E-state index in [1.165, 1.54) is 7.11 Å². The highest BCUT2D eigenvalue weighted by Gasteiger charge is 2.26. The maximum Gasteiger partial charge on any atom is 0.316 e. The third-order valence-electron chi connectivity index (χ3n) is 3.91. The van der Waals surface area contributed by atoms with Gasteiger partial charge in [0.15, 0.2) is 0 Å². The van der Waals surface area contributed by atoms with Crippen molar-refractivity contribution in [3.05, 3.63) is 18.2 Å². The first kappa shape index (κ1) is 16.1. The quantitative estimate of drug-likeness (QED) is 0.661. The summed E-state index contributed by atoms with van der Waals surface area (Å²) in [6.45, 7) is 0. The Morgan fingerprint density at radius 1 is 1.32 bits per heavy atom. The Kier molecular flexibility index (Phi) is 5.21. The highest BCUT2D eigenvalue weighted by molar-refractivity contribution is 5.93. The Balaban J connectivity index is 2.00. The van der Waals surface area contributed by atoms with E-state index in [2.05, 4.69) is 10.6 Å². The van der Waals surface area contributed by atoms with Crippen molar-refractivity contribution >= 4 is 23.3 Å². The fraction of sp³-hybridized carbons (Fsp3) is 0.467. The van der Waals surface area contributed by atoms with Crippen LogP contribution in [0.3, 0.4) is 0 Å². The summed E-state index contributed by atoms with van der Waals surface area (Å²) in [5, 5.41) is 5.28. The number of ether oxygens (including phenoxy) is 1. The number of carbonyl (C=O) groups excluding carboxylic acids is 2. The maximum absolute atomic E-state index is 12.1. The molecule has 1 aliphatic rings. The fourth-order valence-electron chi connectivity index (χ4n) is 2.77. The second-order valence-electron chi connectivity index (χ2n) is 5.51. The first-order chi connectivity index (χ1) is 10.5. The van der Waals surface area contributed by atoms with Gasteiger partial charge in [0.2, 0.25) is 5.91 Å². The first-order valence-electron chi connectivity index (χ1n) is 7.29. The number of hydrogen-bond acceptors (Lipinski definition) is 4. The van der Waals surface area contributed by atoms with Gasteiger partial charge in [0, 0.05) is 24.2 Å². The second kappa shape index (κ2) is 7.13. The van der Waals surface area contributed by atoms with Gasteiger partial charge in [0.1, 0.15) is 5.75 Å². The van der Waals surface area contributed by atoms with Crippen molar-refractivity contribution in [2.75, 3.05) is 17.7 Å². The minimum atomic E-state index is -0.676. The van der Waals surface area contributed by atoms with E-state index in [9.17, 15) is 9.59 Å². The number of nitrogens with one attached hydrogen (secondary N) is 2. The van der Waals surface area contributed by atoms with Crippen LogP contribution in [0, 0.1) is 5.92 Å². The van der Waals surface area contributed by atoms with Crippen molar-refractivity contribution in [2.24, 2.45) is 17.4 Å². The molecule has 2 rings (SSSR count). The average Bonchev–Trinajstić information content (AvgIpc) is 2.85. The van der Waals surface area contributed by atoms with Gasteiger partial charge in [-0.25, -0.2) is 4.79 Å². The van der Waals surface area contributed by atoms with Gasteiger partial charge in [-0.3, -0.25) is 4.79 Å². The molecule has 22 heavy (non-hydrogen) atoms. The normalized spacial score (nSPS) is 20.5. The molecule has 0 bridgehead atoms. The van der Waals surface area contributed by atoms with E-state index in [4.69, 9.17) is 16.2 Å². The zero-order chi connectivity index (χ0) is 16.1. The van der Waals surface area contributed by atoms with Gasteiger partial charge >= 0.3 is 6.03 Å². The molecular weight excluding hydrogens is 284 g/mol. The Morgan fingerprint density at radius 3 is 2.68 bits per heavy atom. The standard InChI is InChI=1S/C15H22N4O3/c1-22-13-8-10(5-6-12(13)19-15(17)21)18-14(20)7-9-3-2-4-11(9)16/h5-6,8-9,11H,2-4,7,16H2,1H3,(H,18,20)(H3,17,19,21)/t9-,11+/m0/s1. The van der Waals surface area contributed by atoms with Crippen molar-refractivity contribution in [3.63, 3.8) is 0 Å². The van der Waals surface area contributed by atoms with Crippen LogP contribution in [0.25, 0.3) is 0 Å². The zero-order valence-corrected chi connectivity index (χ0v) is 12.6. The van der Waals surface area contributed by atoms with Crippen molar-refractivity contribution in [3.8, 4) is 5.75 Å². The number of urea groups is 1. The largest absolute Gasteiger partial charge is 0.494 e. The van der Waals surface area contributed by atoms with Gasteiger partial charge in [-0.05, 0) is 30.9 Å². The van der Waals surface area contributed by atoms with E-state index in [0.717, 1.165) is 19.3 Å². The summed E-state index contributed by atoms with van der Waals surface area (Å²) >= 11 is 0. The number of nitrogens with two attached hydrogens (primary N) is 2. The highest BCUT2D eigenvalue weighted by atomic mass is 16.5. The van der Waals surface area contributed by atoms with Crippen LogP contribution in [-0.2, 0) is 4.79 Å². The van der Waals surface area contributed by atoms with Gasteiger partial charge < -0.3 is 26.8 Å². The number of primary amides is 1. The monoisotopic (exact) mass is 306 g/mol. The Hall–Kier alpha value is -2.28. The van der Waals surface area contributed by atoms with Gasteiger partial charge in [0.25, 0.3) is 0 Å². The molecule has 7 nitrogen and oxygen atoms in total. The molecule has 3 amide bonds. The van der Waals surface area contributed by atoms with Crippen LogP contribution in [0.2, 0.25) is 0 Å². The van der Waals surface area contributed by atoms with Crippen LogP contribution in [0.1, 0.15) is 25.7 Å². The zero-order valence-electron chi connectivity index (χ0n) is 12.6. The Bertz CT molecular complexity index is 562. The molecule has 1 fully saturated rings. The first-order valence-corrected chi connectivity index (χ1v) is 7.29. The second-order valence-corrected chi connectivity index (χ2v) is 5.51. The van der Waals surface area contributed by atoms with Gasteiger partial charge in [0.05, 0.1) is 12.8 Å². The molecule has 0 aliphatic heterocycles. The lowest BCUT2D eigenvalue weighted by Gasteiger charge is -2.15. The molecule has 6 N–H and O–H groups in total. The SMILES string of the molecule is COc1cc(NC(=O)C[C@@H]2CCC[C@H]2N)ccc1NC(N)=O. The lowest BCUT2D eigenvalue weighted by atomic mass is 10.00. The van der Waals surface area contributed by atoms with E-state index >= 15 is 0 Å². The molecule has 0 aromatic heterocycles. The van der Waals surface area contributed by atoms with Gasteiger partial charge in [-0.2, -0.15) is 0 Å². The molecule has 0 saturated heterocycles. The molecule has 1 aromatic rings. The number of hydrogen-bond donors (Lipinski definition) is 4. The van der Waals surface area contributed by atoms with Crippen LogP contribution in [0.15, 0.2) is 18.2 Å². The van der Waals surface area contributed by atoms with E-state index in [0.29, 0.717) is 23.5 Å². The predicted octanol–water partition coefficient (Wildman–Crippen LogP) is 1.64. The summed E-state index contributed by atoms with van der Waals surface area (Å²) in [5.41, 5.74) is 12.1. The molecule has 0 spiro atoms. The number of rotatable bonds is 5. The van der Waals surface area contributed by atoms with E-state index < -0.39 is 6.03 Å². The number of benzene rings is 1. The van der Waals surface area contributed by atoms with E-state index in [1.54, 1.807) is 18.2 Å². The average molecular weight is 306 g/mol. The van der Waals surface area contributed by atoms with Crippen molar-refractivity contribution in [2.45, 2.75) is 31.7 Å². The summed E-state index contributed by atoms with van der Waals surface area (Å²) in [6, 6.07) is 4.38. The molecule has 7 heteroatoms. The lowest BCUT2D eigenvalue weighted by Crippen LogP contribution is -2.28. The molecule has 0 radical (unpaired) electrons. The summed E-state index contributed by atoms with van der Waals surface area (Å²) in [6.07, 6.45) is 3.49. The summed E-state index contributed by atoms with van der Waals surface area (Å²) in [4.78, 5) is 23.0. The minimum absolute atomic E-state index is 0.0694. The Labute approximate surface area is 129 Å². The highest BCUT2D eigenvalue weighted by Crippen LogP contribution is 2.29. The number of carbonyl (C=O) groups is 2. The number of methoxy groups -OCH3 is 1. The summed E-state index contributed by atoms with van der Waals surface area (Å²) in [5.74, 6) is 0.604. The minimum Gasteiger partial charge on any atom is -0.494 e. The van der Waals surface area contributed by atoms with E-state index in [-0.39, 0.29) is 17.9 Å². The van der Waals surface area contributed by atoms with Crippen LogP contribution in [-0.4, -0.2) is 25.1 Å². The molecule has 2 atom stereocenters. The lowest BCUT2D eigenvalue weighted by molar-refractivity contribution is -0.117. The maximum atomic E-state index is 12.1. The van der Waals surface area contributed by atoms with Crippen LogP contribution < -0.4 is 26.8 Å². The topological polar surface area (TPSA) is 119 Å². The number of amides is 3. The summed E-state index contributed by atoms with van der Waals surface area (Å²) < 4.78 is 5.18. The molecule has 1 aromatic carbocycles. The van der Waals surface area contributed by atoms with Crippen molar-refractivity contribution in [1.29, 1.82) is 0 Å².